The largest absolute Gasteiger partial charge is 0.330 e. The van der Waals surface area contributed by atoms with E-state index in [1.54, 1.807) is 0 Å². The van der Waals surface area contributed by atoms with E-state index in [1.165, 1.54) is 12.8 Å². The SMILES string of the molecule is CC(CCCCCCN)C(N)(N)N. The molecule has 80 valence electrons. The van der Waals surface area contributed by atoms with Gasteiger partial charge in [0.05, 0.1) is 0 Å². The minimum atomic E-state index is -1.02. The molecule has 0 radical (unpaired) electrons. The molecule has 4 heteroatoms. The van der Waals surface area contributed by atoms with Gasteiger partial charge in [0.15, 0.2) is 0 Å². The summed E-state index contributed by atoms with van der Waals surface area (Å²) in [6.07, 6.45) is 5.61. The van der Waals surface area contributed by atoms with Gasteiger partial charge in [0, 0.05) is 5.92 Å². The van der Waals surface area contributed by atoms with Gasteiger partial charge in [-0.05, 0) is 19.4 Å². The quantitative estimate of drug-likeness (QED) is 0.335. The Morgan fingerprint density at radius 1 is 1.00 bits per heavy atom. The Morgan fingerprint density at radius 2 is 1.54 bits per heavy atom. The monoisotopic (exact) mass is 188 g/mol. The van der Waals surface area contributed by atoms with Crippen LogP contribution in [0.5, 0.6) is 0 Å². The average Bonchev–Trinajstić information content (AvgIpc) is 2.02. The van der Waals surface area contributed by atoms with Crippen LogP contribution in [0.3, 0.4) is 0 Å². The second-order valence-electron chi connectivity index (χ2n) is 3.89. The van der Waals surface area contributed by atoms with Crippen molar-refractivity contribution in [1.29, 1.82) is 0 Å². The molecule has 0 aliphatic carbocycles. The van der Waals surface area contributed by atoms with Crippen molar-refractivity contribution in [3.63, 3.8) is 0 Å². The Balaban J connectivity index is 3.32. The van der Waals surface area contributed by atoms with E-state index in [0.29, 0.717) is 0 Å². The molecular formula is C9H24N4. The Morgan fingerprint density at radius 3 is 2.00 bits per heavy atom. The van der Waals surface area contributed by atoms with Crippen LogP contribution in [-0.4, -0.2) is 12.3 Å². The molecule has 13 heavy (non-hydrogen) atoms. The summed E-state index contributed by atoms with van der Waals surface area (Å²) in [4.78, 5) is 0. The van der Waals surface area contributed by atoms with Crippen LogP contribution in [0, 0.1) is 5.92 Å². The molecule has 8 N–H and O–H groups in total. The van der Waals surface area contributed by atoms with Crippen LogP contribution >= 0.6 is 0 Å². The zero-order valence-corrected chi connectivity index (χ0v) is 8.63. The molecule has 0 heterocycles. The fraction of sp³-hybridized carbons (Fsp3) is 1.00. The predicted octanol–water partition coefficient (Wildman–Crippen LogP) is 0.0616. The molecule has 0 aliphatic rings. The lowest BCUT2D eigenvalue weighted by atomic mass is 9.97. The molecule has 0 fully saturated rings. The summed E-state index contributed by atoms with van der Waals surface area (Å²) in [6.45, 7) is 2.77. The van der Waals surface area contributed by atoms with Crippen molar-refractivity contribution in [2.45, 2.75) is 44.8 Å². The molecule has 4 nitrogen and oxygen atoms in total. The van der Waals surface area contributed by atoms with Gasteiger partial charge in [-0.1, -0.05) is 26.2 Å². The maximum Gasteiger partial charge on any atom is 0.118 e. The van der Waals surface area contributed by atoms with Crippen LogP contribution in [0.25, 0.3) is 0 Å². The summed E-state index contributed by atoms with van der Waals surface area (Å²) >= 11 is 0. The standard InChI is InChI=1S/C9H24N4/c1-8(9(11,12)13)6-4-2-3-5-7-10/h8H,2-7,10-13H2,1H3. The zero-order valence-electron chi connectivity index (χ0n) is 8.63. The van der Waals surface area contributed by atoms with Gasteiger partial charge >= 0.3 is 0 Å². The van der Waals surface area contributed by atoms with Gasteiger partial charge in [-0.25, -0.2) is 0 Å². The van der Waals surface area contributed by atoms with Crippen LogP contribution in [0.2, 0.25) is 0 Å². The highest BCUT2D eigenvalue weighted by Gasteiger charge is 2.20. The first kappa shape index (κ1) is 12.8. The first-order valence-electron chi connectivity index (χ1n) is 5.05. The normalized spacial score (nSPS) is 14.5. The van der Waals surface area contributed by atoms with E-state index in [0.717, 1.165) is 25.8 Å². The minimum Gasteiger partial charge on any atom is -0.330 e. The van der Waals surface area contributed by atoms with Gasteiger partial charge < -0.3 is 22.9 Å². The summed E-state index contributed by atoms with van der Waals surface area (Å²) in [5, 5.41) is 0. The van der Waals surface area contributed by atoms with Crippen LogP contribution < -0.4 is 22.9 Å². The van der Waals surface area contributed by atoms with Gasteiger partial charge in [-0.2, -0.15) is 0 Å². The first-order valence-corrected chi connectivity index (χ1v) is 5.05. The number of nitrogens with two attached hydrogens (primary N) is 4. The molecule has 0 aromatic heterocycles. The van der Waals surface area contributed by atoms with Gasteiger partial charge in [0.1, 0.15) is 5.79 Å². The van der Waals surface area contributed by atoms with Crippen LogP contribution in [0.4, 0.5) is 0 Å². The summed E-state index contributed by atoms with van der Waals surface area (Å²) in [5.41, 5.74) is 22.0. The van der Waals surface area contributed by atoms with Crippen molar-refractivity contribution in [2.24, 2.45) is 28.9 Å². The van der Waals surface area contributed by atoms with E-state index in [1.807, 2.05) is 6.92 Å². The molecule has 0 amide bonds. The molecule has 0 aromatic rings. The Labute approximate surface area is 81.0 Å². The predicted molar refractivity (Wildman–Crippen MR) is 56.6 cm³/mol. The molecule has 1 atom stereocenters. The Hall–Kier alpha value is -0.160. The molecule has 0 saturated carbocycles. The molecular weight excluding hydrogens is 164 g/mol. The second kappa shape index (κ2) is 6.32. The smallest absolute Gasteiger partial charge is 0.118 e. The van der Waals surface area contributed by atoms with Gasteiger partial charge in [0.25, 0.3) is 0 Å². The van der Waals surface area contributed by atoms with Gasteiger partial charge in [0.2, 0.25) is 0 Å². The molecule has 0 aliphatic heterocycles. The van der Waals surface area contributed by atoms with Crippen LogP contribution in [-0.2, 0) is 0 Å². The average molecular weight is 188 g/mol. The third-order valence-electron chi connectivity index (χ3n) is 2.44. The van der Waals surface area contributed by atoms with Crippen molar-refractivity contribution < 1.29 is 0 Å². The maximum absolute atomic E-state index is 5.56. The van der Waals surface area contributed by atoms with Crippen LogP contribution in [0.1, 0.15) is 39.0 Å². The van der Waals surface area contributed by atoms with Crippen molar-refractivity contribution in [2.75, 3.05) is 6.54 Å². The third kappa shape index (κ3) is 6.95. The topological polar surface area (TPSA) is 104 Å². The fourth-order valence-corrected chi connectivity index (χ4v) is 1.20. The summed E-state index contributed by atoms with van der Waals surface area (Å²) in [6, 6.07) is 0. The maximum atomic E-state index is 5.56. The summed E-state index contributed by atoms with van der Waals surface area (Å²) in [5.74, 6) is -0.848. The van der Waals surface area contributed by atoms with Crippen LogP contribution in [0.15, 0.2) is 0 Å². The van der Waals surface area contributed by atoms with Gasteiger partial charge in [-0.3, -0.25) is 0 Å². The Bertz CT molecular complexity index is 119. The summed E-state index contributed by atoms with van der Waals surface area (Å²) in [7, 11) is 0. The van der Waals surface area contributed by atoms with E-state index in [-0.39, 0.29) is 5.92 Å². The molecule has 0 rings (SSSR count). The fourth-order valence-electron chi connectivity index (χ4n) is 1.20. The number of hydrogen-bond acceptors (Lipinski definition) is 4. The number of hydrogen-bond donors (Lipinski definition) is 4. The lowest BCUT2D eigenvalue weighted by Gasteiger charge is -2.26. The molecule has 0 saturated heterocycles. The minimum absolute atomic E-state index is 0.172. The van der Waals surface area contributed by atoms with E-state index >= 15 is 0 Å². The molecule has 0 spiro atoms. The van der Waals surface area contributed by atoms with Crippen molar-refractivity contribution in [3.05, 3.63) is 0 Å². The lowest BCUT2D eigenvalue weighted by Crippen LogP contribution is -2.62. The van der Waals surface area contributed by atoms with E-state index < -0.39 is 5.79 Å². The van der Waals surface area contributed by atoms with Crippen molar-refractivity contribution in [1.82, 2.24) is 0 Å². The van der Waals surface area contributed by atoms with E-state index in [2.05, 4.69) is 0 Å². The molecule has 1 unspecified atom stereocenters. The number of rotatable bonds is 7. The third-order valence-corrected chi connectivity index (χ3v) is 2.44. The highest BCUT2D eigenvalue weighted by Crippen LogP contribution is 2.13. The van der Waals surface area contributed by atoms with E-state index in [9.17, 15) is 0 Å². The molecule has 0 aromatic carbocycles. The lowest BCUT2D eigenvalue weighted by molar-refractivity contribution is 0.284. The molecule has 0 bridgehead atoms. The van der Waals surface area contributed by atoms with E-state index in [4.69, 9.17) is 22.9 Å². The second-order valence-corrected chi connectivity index (χ2v) is 3.89. The van der Waals surface area contributed by atoms with Crippen molar-refractivity contribution in [3.8, 4) is 0 Å². The first-order chi connectivity index (χ1) is 5.98. The highest BCUT2D eigenvalue weighted by atomic mass is 15.1. The Kier molecular flexibility index (Phi) is 6.24. The summed E-state index contributed by atoms with van der Waals surface area (Å²) < 4.78 is 0. The van der Waals surface area contributed by atoms with Crippen molar-refractivity contribution >= 4 is 0 Å². The number of unbranched alkanes of at least 4 members (excludes halogenated alkanes) is 3. The zero-order chi connectivity index (χ0) is 10.3. The highest BCUT2D eigenvalue weighted by molar-refractivity contribution is 4.75. The van der Waals surface area contributed by atoms with Gasteiger partial charge in [-0.15, -0.1) is 0 Å².